The van der Waals surface area contributed by atoms with Gasteiger partial charge in [0, 0.05) is 30.8 Å². The van der Waals surface area contributed by atoms with E-state index < -0.39 is 0 Å². The Hall–Kier alpha value is -2.48. The highest BCUT2D eigenvalue weighted by atomic mass is 32.2. The van der Waals surface area contributed by atoms with E-state index in [-0.39, 0.29) is 0 Å². The number of piperidine rings is 1. The summed E-state index contributed by atoms with van der Waals surface area (Å²) in [7, 11) is 1.67. The SMILES string of the molecule is COc1ccccc1-c1cc(CSc2nnc(N3CCC(C)CC3)n2C2CC2)on1. The summed E-state index contributed by atoms with van der Waals surface area (Å²) in [5.41, 5.74) is 1.72. The number of ether oxygens (including phenoxy) is 1. The number of hydrogen-bond acceptors (Lipinski definition) is 7. The summed E-state index contributed by atoms with van der Waals surface area (Å²) >= 11 is 1.67. The van der Waals surface area contributed by atoms with Crippen LogP contribution in [0.4, 0.5) is 5.95 Å². The van der Waals surface area contributed by atoms with Crippen molar-refractivity contribution in [2.24, 2.45) is 5.92 Å². The van der Waals surface area contributed by atoms with Gasteiger partial charge in [0.2, 0.25) is 5.95 Å². The topological polar surface area (TPSA) is 69.2 Å². The molecular weight excluding hydrogens is 398 g/mol. The van der Waals surface area contributed by atoms with Crippen molar-refractivity contribution >= 4 is 17.7 Å². The van der Waals surface area contributed by atoms with E-state index in [2.05, 4.69) is 31.7 Å². The summed E-state index contributed by atoms with van der Waals surface area (Å²) in [6.45, 7) is 4.48. The van der Waals surface area contributed by atoms with Crippen LogP contribution in [0.15, 0.2) is 40.0 Å². The third-order valence-corrected chi connectivity index (χ3v) is 6.88. The number of nitrogens with zero attached hydrogens (tertiary/aromatic N) is 5. The van der Waals surface area contributed by atoms with E-state index in [1.165, 1.54) is 25.7 Å². The molecule has 0 unspecified atom stereocenters. The van der Waals surface area contributed by atoms with E-state index >= 15 is 0 Å². The van der Waals surface area contributed by atoms with E-state index in [4.69, 9.17) is 9.26 Å². The molecule has 1 aliphatic carbocycles. The second kappa shape index (κ2) is 8.34. The van der Waals surface area contributed by atoms with Crippen LogP contribution < -0.4 is 9.64 Å². The minimum atomic E-state index is 0.538. The summed E-state index contributed by atoms with van der Waals surface area (Å²) < 4.78 is 13.4. The first-order valence-electron chi connectivity index (χ1n) is 10.6. The zero-order valence-electron chi connectivity index (χ0n) is 17.5. The van der Waals surface area contributed by atoms with Crippen molar-refractivity contribution in [1.82, 2.24) is 19.9 Å². The fourth-order valence-electron chi connectivity index (χ4n) is 3.94. The van der Waals surface area contributed by atoms with Crippen LogP contribution in [-0.4, -0.2) is 40.1 Å². The van der Waals surface area contributed by atoms with Gasteiger partial charge in [0.25, 0.3) is 0 Å². The normalized spacial score (nSPS) is 17.5. The Kier molecular flexibility index (Phi) is 5.41. The summed E-state index contributed by atoms with van der Waals surface area (Å²) in [5, 5.41) is 14.3. The molecule has 2 fully saturated rings. The Morgan fingerprint density at radius 3 is 2.70 bits per heavy atom. The van der Waals surface area contributed by atoms with Crippen molar-refractivity contribution in [2.75, 3.05) is 25.1 Å². The first-order valence-corrected chi connectivity index (χ1v) is 11.6. The van der Waals surface area contributed by atoms with E-state index in [1.807, 2.05) is 30.3 Å². The zero-order valence-corrected chi connectivity index (χ0v) is 18.3. The highest BCUT2D eigenvalue weighted by molar-refractivity contribution is 7.98. The molecule has 7 nitrogen and oxygen atoms in total. The van der Waals surface area contributed by atoms with Crippen LogP contribution >= 0.6 is 11.8 Å². The third-order valence-electron chi connectivity index (χ3n) is 5.91. The molecule has 1 saturated heterocycles. The highest BCUT2D eigenvalue weighted by Gasteiger charge is 2.32. The molecule has 0 radical (unpaired) electrons. The Morgan fingerprint density at radius 2 is 1.93 bits per heavy atom. The molecule has 8 heteroatoms. The van der Waals surface area contributed by atoms with E-state index in [9.17, 15) is 0 Å². The van der Waals surface area contributed by atoms with Gasteiger partial charge in [-0.15, -0.1) is 10.2 Å². The Bertz CT molecular complexity index is 1000. The van der Waals surface area contributed by atoms with Gasteiger partial charge in [-0.3, -0.25) is 4.57 Å². The number of hydrogen-bond donors (Lipinski definition) is 0. The smallest absolute Gasteiger partial charge is 0.228 e. The molecule has 2 aliphatic rings. The van der Waals surface area contributed by atoms with Gasteiger partial charge in [0.05, 0.1) is 12.9 Å². The lowest BCUT2D eigenvalue weighted by Crippen LogP contribution is -2.34. The Balaban J connectivity index is 1.31. The summed E-state index contributed by atoms with van der Waals surface area (Å²) in [6, 6.07) is 10.4. The van der Waals surface area contributed by atoms with E-state index in [0.717, 1.165) is 52.9 Å². The zero-order chi connectivity index (χ0) is 20.5. The van der Waals surface area contributed by atoms with Gasteiger partial charge >= 0.3 is 0 Å². The molecule has 0 bridgehead atoms. The predicted molar refractivity (Wildman–Crippen MR) is 117 cm³/mol. The third kappa shape index (κ3) is 3.93. The number of benzene rings is 1. The quantitative estimate of drug-likeness (QED) is 0.503. The van der Waals surface area contributed by atoms with Crippen molar-refractivity contribution in [2.45, 2.75) is 49.6 Å². The first-order chi connectivity index (χ1) is 14.7. The van der Waals surface area contributed by atoms with Crippen molar-refractivity contribution in [1.29, 1.82) is 0 Å². The van der Waals surface area contributed by atoms with E-state index in [1.54, 1.807) is 18.9 Å². The molecule has 0 N–H and O–H groups in total. The Labute approximate surface area is 180 Å². The average molecular weight is 426 g/mol. The lowest BCUT2D eigenvalue weighted by molar-refractivity contribution is 0.395. The number of thioether (sulfide) groups is 1. The maximum atomic E-state index is 5.60. The molecule has 0 atom stereocenters. The number of anilines is 1. The Morgan fingerprint density at radius 1 is 1.13 bits per heavy atom. The van der Waals surface area contributed by atoms with Crippen LogP contribution in [0.2, 0.25) is 0 Å². The van der Waals surface area contributed by atoms with Gasteiger partial charge in [0.1, 0.15) is 17.2 Å². The summed E-state index contributed by atoms with van der Waals surface area (Å²) in [4.78, 5) is 2.41. The minimum absolute atomic E-state index is 0.538. The molecule has 0 spiro atoms. The molecule has 1 saturated carbocycles. The van der Waals surface area contributed by atoms with Crippen LogP contribution in [-0.2, 0) is 5.75 Å². The van der Waals surface area contributed by atoms with Crippen LogP contribution in [0.3, 0.4) is 0 Å². The molecule has 2 aromatic heterocycles. The summed E-state index contributed by atoms with van der Waals surface area (Å²) in [6.07, 6.45) is 4.87. The van der Waals surface area contributed by atoms with Gasteiger partial charge in [-0.05, 0) is 43.7 Å². The van der Waals surface area contributed by atoms with Gasteiger partial charge < -0.3 is 14.2 Å². The molecule has 1 aliphatic heterocycles. The second-order valence-electron chi connectivity index (χ2n) is 8.22. The van der Waals surface area contributed by atoms with Crippen molar-refractivity contribution in [3.63, 3.8) is 0 Å². The predicted octanol–water partition coefficient (Wildman–Crippen LogP) is 4.81. The molecule has 30 heavy (non-hydrogen) atoms. The molecule has 158 valence electrons. The largest absolute Gasteiger partial charge is 0.496 e. The molecular formula is C22H27N5O2S. The second-order valence-corrected chi connectivity index (χ2v) is 9.16. The number of aromatic nitrogens is 4. The molecule has 1 aromatic carbocycles. The van der Waals surface area contributed by atoms with Crippen molar-refractivity contribution < 1.29 is 9.26 Å². The van der Waals surface area contributed by atoms with Crippen LogP contribution in [0.25, 0.3) is 11.3 Å². The molecule has 3 heterocycles. The van der Waals surface area contributed by atoms with Crippen molar-refractivity contribution in [3.05, 3.63) is 36.1 Å². The monoisotopic (exact) mass is 425 g/mol. The summed E-state index contributed by atoms with van der Waals surface area (Å²) in [5.74, 6) is 4.12. The average Bonchev–Trinajstić information content (AvgIpc) is 3.35. The van der Waals surface area contributed by atoms with Crippen LogP contribution in [0.1, 0.15) is 44.4 Å². The lowest BCUT2D eigenvalue weighted by atomic mass is 10.00. The fraction of sp³-hybridized carbons (Fsp3) is 0.500. The molecule has 3 aromatic rings. The highest BCUT2D eigenvalue weighted by Crippen LogP contribution is 2.42. The lowest BCUT2D eigenvalue weighted by Gasteiger charge is -2.31. The fourth-order valence-corrected chi connectivity index (χ4v) is 4.82. The molecule has 0 amide bonds. The van der Waals surface area contributed by atoms with Gasteiger partial charge in [0.15, 0.2) is 5.16 Å². The van der Waals surface area contributed by atoms with Gasteiger partial charge in [-0.1, -0.05) is 36.0 Å². The van der Waals surface area contributed by atoms with Crippen LogP contribution in [0, 0.1) is 5.92 Å². The number of rotatable bonds is 7. The standard InChI is InChI=1S/C22H27N5O2S/c1-15-9-11-26(12-10-15)21-23-24-22(27(21)16-7-8-16)30-14-17-13-19(25-29-17)18-5-3-4-6-20(18)28-2/h3-6,13,15-16H,7-12,14H2,1-2H3. The van der Waals surface area contributed by atoms with Crippen molar-refractivity contribution in [3.8, 4) is 17.0 Å². The van der Waals surface area contributed by atoms with Crippen LogP contribution in [0.5, 0.6) is 5.75 Å². The van der Waals surface area contributed by atoms with Gasteiger partial charge in [-0.25, -0.2) is 0 Å². The first kappa shape index (κ1) is 19.5. The number of methoxy groups -OCH3 is 1. The van der Waals surface area contributed by atoms with Gasteiger partial charge in [-0.2, -0.15) is 0 Å². The van der Waals surface area contributed by atoms with E-state index in [0.29, 0.717) is 11.8 Å². The number of para-hydroxylation sites is 1. The minimum Gasteiger partial charge on any atom is -0.496 e. The maximum absolute atomic E-state index is 5.60. The maximum Gasteiger partial charge on any atom is 0.228 e. The molecule has 5 rings (SSSR count).